The fourth-order valence-corrected chi connectivity index (χ4v) is 4.13. The van der Waals surface area contributed by atoms with E-state index in [0.717, 1.165) is 43.5 Å². The van der Waals surface area contributed by atoms with Gasteiger partial charge in [-0.05, 0) is 52.2 Å². The lowest BCUT2D eigenvalue weighted by Gasteiger charge is -2.15. The van der Waals surface area contributed by atoms with Crippen molar-refractivity contribution in [2.24, 2.45) is 4.99 Å². The van der Waals surface area contributed by atoms with E-state index in [1.54, 1.807) is 0 Å². The van der Waals surface area contributed by atoms with Crippen molar-refractivity contribution in [2.75, 3.05) is 19.6 Å². The minimum Gasteiger partial charge on any atom is -0.361 e. The Morgan fingerprint density at radius 3 is 2.56 bits per heavy atom. The number of aromatic nitrogens is 1. The zero-order chi connectivity index (χ0) is 18.4. The number of aryl methyl sites for hydroxylation is 2. The van der Waals surface area contributed by atoms with Gasteiger partial charge in [-0.2, -0.15) is 0 Å². The van der Waals surface area contributed by atoms with Gasteiger partial charge in [-0.3, -0.25) is 4.99 Å². The molecule has 0 aliphatic heterocycles. The number of halogens is 1. The predicted octanol–water partition coefficient (Wildman–Crippen LogP) is 4.33. The Labute approximate surface area is 183 Å². The Morgan fingerprint density at radius 2 is 1.96 bits per heavy atom. The molecule has 1 fully saturated rings. The summed E-state index contributed by atoms with van der Waals surface area (Å²) in [5.41, 5.74) is 2.16. The molecule has 2 aromatic rings. The van der Waals surface area contributed by atoms with E-state index in [0.29, 0.717) is 0 Å². The van der Waals surface area contributed by atoms with Crippen molar-refractivity contribution in [3.8, 4) is 0 Å². The molecule has 27 heavy (non-hydrogen) atoms. The summed E-state index contributed by atoms with van der Waals surface area (Å²) < 4.78 is 5.50. The zero-order valence-electron chi connectivity index (χ0n) is 16.2. The summed E-state index contributed by atoms with van der Waals surface area (Å²) in [7, 11) is 0. The lowest BCUT2D eigenvalue weighted by molar-refractivity contribution is 0.392. The van der Waals surface area contributed by atoms with Gasteiger partial charge < -0.3 is 15.2 Å². The Kier molecular flexibility index (Phi) is 8.47. The highest BCUT2D eigenvalue weighted by atomic mass is 127. The third-order valence-corrected chi connectivity index (χ3v) is 6.08. The van der Waals surface area contributed by atoms with Gasteiger partial charge in [-0.1, -0.05) is 23.4 Å². The molecule has 0 atom stereocenters. The van der Waals surface area contributed by atoms with Gasteiger partial charge in [-0.25, -0.2) is 0 Å². The maximum absolute atomic E-state index is 5.23. The van der Waals surface area contributed by atoms with E-state index in [-0.39, 0.29) is 28.7 Å². The van der Waals surface area contributed by atoms with Crippen LogP contribution in [0.5, 0.6) is 0 Å². The van der Waals surface area contributed by atoms with Crippen LogP contribution in [0.4, 0.5) is 0 Å². The molecule has 148 valence electrons. The molecule has 1 aromatic heterocycles. The summed E-state index contributed by atoms with van der Waals surface area (Å²) in [6.07, 6.45) is 3.35. The maximum atomic E-state index is 5.23. The number of guanidine groups is 1. The molecule has 0 spiro atoms. The normalized spacial score (nSPS) is 15.1. The van der Waals surface area contributed by atoms with E-state index in [9.17, 15) is 0 Å². The summed E-state index contributed by atoms with van der Waals surface area (Å²) >= 11 is 1.96. The third kappa shape index (κ3) is 6.41. The number of aliphatic imine (C=N–C) groups is 1. The number of thioether (sulfide) groups is 1. The SMILES string of the molecule is CCNC(=NCC1(Sc2ccccc2)CC1)NCCc1c(C)noc1C.I. The fourth-order valence-electron chi connectivity index (χ4n) is 2.90. The topological polar surface area (TPSA) is 62.5 Å². The van der Waals surface area contributed by atoms with Crippen LogP contribution in [0.3, 0.4) is 0 Å². The average molecular weight is 500 g/mol. The molecule has 0 amide bonds. The Morgan fingerprint density at radius 1 is 1.22 bits per heavy atom. The first-order chi connectivity index (χ1) is 12.6. The van der Waals surface area contributed by atoms with Crippen LogP contribution in [-0.4, -0.2) is 35.5 Å². The van der Waals surface area contributed by atoms with Gasteiger partial charge in [-0.15, -0.1) is 35.7 Å². The quantitative estimate of drug-likeness (QED) is 0.321. The number of hydrogen-bond donors (Lipinski definition) is 2. The van der Waals surface area contributed by atoms with Gasteiger partial charge in [0.25, 0.3) is 0 Å². The lowest BCUT2D eigenvalue weighted by Crippen LogP contribution is -2.39. The van der Waals surface area contributed by atoms with Crippen LogP contribution in [0.15, 0.2) is 44.7 Å². The van der Waals surface area contributed by atoms with E-state index in [1.165, 1.54) is 23.3 Å². The number of nitrogens with one attached hydrogen (secondary N) is 2. The van der Waals surface area contributed by atoms with Gasteiger partial charge in [0.1, 0.15) is 5.76 Å². The first kappa shape index (κ1) is 22.1. The van der Waals surface area contributed by atoms with Gasteiger partial charge in [0.05, 0.1) is 12.2 Å². The standard InChI is InChI=1S/C20H28N4OS.HI/c1-4-21-19(22-13-10-18-15(2)24-25-16(18)3)23-14-20(11-12-20)26-17-8-6-5-7-9-17;/h5-9H,4,10-14H2,1-3H3,(H2,21,22,23);1H. The van der Waals surface area contributed by atoms with E-state index >= 15 is 0 Å². The second-order valence-corrected chi connectivity index (χ2v) is 8.31. The van der Waals surface area contributed by atoms with Crippen LogP contribution >= 0.6 is 35.7 Å². The first-order valence-corrected chi connectivity index (χ1v) is 10.1. The summed E-state index contributed by atoms with van der Waals surface area (Å²) in [6, 6.07) is 10.6. The summed E-state index contributed by atoms with van der Waals surface area (Å²) in [5, 5.41) is 10.8. The van der Waals surface area contributed by atoms with Crippen LogP contribution < -0.4 is 10.6 Å². The molecular formula is C20H29IN4OS. The molecule has 1 saturated carbocycles. The Balaban J connectivity index is 0.00000261. The van der Waals surface area contributed by atoms with Crippen molar-refractivity contribution in [3.05, 3.63) is 47.3 Å². The largest absolute Gasteiger partial charge is 0.361 e. The predicted molar refractivity (Wildman–Crippen MR) is 123 cm³/mol. The van der Waals surface area contributed by atoms with E-state index in [1.807, 2.05) is 25.6 Å². The average Bonchev–Trinajstić information content (AvgIpc) is 3.33. The molecule has 5 nitrogen and oxygen atoms in total. The molecule has 0 saturated heterocycles. The van der Waals surface area contributed by atoms with Crippen molar-refractivity contribution in [1.82, 2.24) is 15.8 Å². The van der Waals surface area contributed by atoms with Crippen LogP contribution in [0.1, 0.15) is 36.8 Å². The second-order valence-electron chi connectivity index (χ2n) is 6.77. The number of nitrogens with zero attached hydrogens (tertiary/aromatic N) is 2. The minimum absolute atomic E-state index is 0. The van der Waals surface area contributed by atoms with Gasteiger partial charge >= 0.3 is 0 Å². The number of benzene rings is 1. The van der Waals surface area contributed by atoms with E-state index in [4.69, 9.17) is 9.52 Å². The first-order valence-electron chi connectivity index (χ1n) is 9.30. The van der Waals surface area contributed by atoms with Crippen molar-refractivity contribution >= 4 is 41.7 Å². The zero-order valence-corrected chi connectivity index (χ0v) is 19.4. The Bertz CT molecular complexity index is 724. The van der Waals surface area contributed by atoms with Crippen molar-refractivity contribution < 1.29 is 4.52 Å². The van der Waals surface area contributed by atoms with Crippen LogP contribution in [0, 0.1) is 13.8 Å². The fraction of sp³-hybridized carbons (Fsp3) is 0.500. The molecule has 1 aliphatic carbocycles. The summed E-state index contributed by atoms with van der Waals surface area (Å²) in [4.78, 5) is 6.17. The highest BCUT2D eigenvalue weighted by Gasteiger charge is 2.43. The molecule has 1 aliphatic rings. The van der Waals surface area contributed by atoms with Crippen LogP contribution in [0.2, 0.25) is 0 Å². The molecule has 0 radical (unpaired) electrons. The molecule has 7 heteroatoms. The molecule has 0 bridgehead atoms. The lowest BCUT2D eigenvalue weighted by atomic mass is 10.1. The van der Waals surface area contributed by atoms with E-state index < -0.39 is 0 Å². The second kappa shape index (κ2) is 10.4. The van der Waals surface area contributed by atoms with Crippen LogP contribution in [-0.2, 0) is 6.42 Å². The summed E-state index contributed by atoms with van der Waals surface area (Å²) in [5.74, 6) is 1.79. The highest BCUT2D eigenvalue weighted by Crippen LogP contribution is 2.51. The molecular weight excluding hydrogens is 471 g/mol. The smallest absolute Gasteiger partial charge is 0.191 e. The number of hydrogen-bond acceptors (Lipinski definition) is 4. The maximum Gasteiger partial charge on any atom is 0.191 e. The van der Waals surface area contributed by atoms with Crippen molar-refractivity contribution in [1.29, 1.82) is 0 Å². The van der Waals surface area contributed by atoms with Crippen molar-refractivity contribution in [3.63, 3.8) is 0 Å². The van der Waals surface area contributed by atoms with Gasteiger partial charge in [0.2, 0.25) is 0 Å². The molecule has 1 heterocycles. The van der Waals surface area contributed by atoms with Gasteiger partial charge in [0.15, 0.2) is 5.96 Å². The minimum atomic E-state index is 0. The molecule has 0 unspecified atom stereocenters. The van der Waals surface area contributed by atoms with Gasteiger partial charge in [0, 0.05) is 28.3 Å². The van der Waals surface area contributed by atoms with E-state index in [2.05, 4.69) is 53.0 Å². The Hall–Kier alpha value is -1.22. The monoisotopic (exact) mass is 500 g/mol. The molecule has 1 aromatic carbocycles. The highest BCUT2D eigenvalue weighted by molar-refractivity contribution is 14.0. The van der Waals surface area contributed by atoms with Crippen LogP contribution in [0.25, 0.3) is 0 Å². The van der Waals surface area contributed by atoms with Crippen molar-refractivity contribution in [2.45, 2.75) is 49.7 Å². The third-order valence-electron chi connectivity index (χ3n) is 4.60. The molecule has 2 N–H and O–H groups in total. The number of rotatable bonds is 8. The summed E-state index contributed by atoms with van der Waals surface area (Å²) in [6.45, 7) is 8.56. The molecule has 3 rings (SSSR count).